The second kappa shape index (κ2) is 11.9. The number of amides is 1. The number of nitro benzene ring substituents is 1. The molecule has 1 aliphatic rings. The molecule has 1 aliphatic heterocycles. The Morgan fingerprint density at radius 3 is 2.62 bits per heavy atom. The van der Waals surface area contributed by atoms with E-state index in [4.69, 9.17) is 14.2 Å². The van der Waals surface area contributed by atoms with Gasteiger partial charge >= 0.3 is 0 Å². The number of halogens is 1. The Morgan fingerprint density at radius 2 is 1.92 bits per heavy atom. The largest absolute Gasteiger partial charge is 0.497 e. The van der Waals surface area contributed by atoms with Crippen LogP contribution in [0.2, 0.25) is 0 Å². The zero-order valence-corrected chi connectivity index (χ0v) is 22.3. The molecule has 0 aromatic heterocycles. The summed E-state index contributed by atoms with van der Waals surface area (Å²) in [5.74, 6) is 1.41. The van der Waals surface area contributed by atoms with Crippen LogP contribution in [-0.2, 0) is 11.4 Å². The predicted octanol–water partition coefficient (Wildman–Crippen LogP) is 6.24. The maximum Gasteiger partial charge on any atom is 0.269 e. The molecule has 0 atom stereocenters. The van der Waals surface area contributed by atoms with Crippen LogP contribution in [0.25, 0.3) is 6.08 Å². The first-order chi connectivity index (χ1) is 17.9. The molecule has 0 saturated carbocycles. The number of carbonyl (C=O) groups is 1. The van der Waals surface area contributed by atoms with Crippen LogP contribution in [0.5, 0.6) is 17.2 Å². The summed E-state index contributed by atoms with van der Waals surface area (Å²) >= 11 is 4.76. The molecule has 4 rings (SSSR count). The van der Waals surface area contributed by atoms with E-state index in [0.717, 1.165) is 11.3 Å². The van der Waals surface area contributed by atoms with Crippen LogP contribution in [0.3, 0.4) is 0 Å². The summed E-state index contributed by atoms with van der Waals surface area (Å²) in [5, 5.41) is 14.3. The molecule has 37 heavy (non-hydrogen) atoms. The Kier molecular flexibility index (Phi) is 8.47. The predicted molar refractivity (Wildman–Crippen MR) is 147 cm³/mol. The third kappa shape index (κ3) is 6.69. The van der Waals surface area contributed by atoms with Crippen molar-refractivity contribution in [2.24, 2.45) is 4.99 Å². The van der Waals surface area contributed by atoms with Crippen LogP contribution in [0.4, 0.5) is 11.4 Å². The Balaban J connectivity index is 1.54. The van der Waals surface area contributed by atoms with Gasteiger partial charge in [0.15, 0.2) is 16.7 Å². The number of rotatable bonds is 9. The summed E-state index contributed by atoms with van der Waals surface area (Å²) in [6.07, 6.45) is 1.74. The minimum atomic E-state index is -0.447. The van der Waals surface area contributed by atoms with Crippen LogP contribution < -0.4 is 19.5 Å². The smallest absolute Gasteiger partial charge is 0.269 e. The standard InChI is InChI=1S/C26H22BrN3O6S/c1-3-35-22-13-17(12-21(27)24(22)36-15-16-5-4-6-19(11-16)30(32)33)14-23-25(31)29-26(37-23)28-18-7-9-20(34-2)10-8-18/h4-14H,3,15H2,1-2H3,(H,28,29,31)/b23-14+. The molecule has 190 valence electrons. The normalized spacial score (nSPS) is 15.1. The molecule has 1 N–H and O–H groups in total. The molecule has 1 fully saturated rings. The van der Waals surface area contributed by atoms with Crippen molar-refractivity contribution in [2.75, 3.05) is 13.7 Å². The molecule has 1 saturated heterocycles. The van der Waals surface area contributed by atoms with Crippen LogP contribution >= 0.6 is 27.7 Å². The molecule has 0 aliphatic carbocycles. The minimum Gasteiger partial charge on any atom is -0.497 e. The number of nitrogens with one attached hydrogen (secondary N) is 1. The average molecular weight is 584 g/mol. The number of non-ortho nitro benzene ring substituents is 1. The molecule has 0 radical (unpaired) electrons. The highest BCUT2D eigenvalue weighted by molar-refractivity contribution is 9.10. The maximum absolute atomic E-state index is 12.6. The third-order valence-corrected chi connectivity index (χ3v) is 6.59. The molecule has 9 nitrogen and oxygen atoms in total. The number of carbonyl (C=O) groups excluding carboxylic acids is 1. The van der Waals surface area contributed by atoms with Gasteiger partial charge < -0.3 is 19.5 Å². The second-order valence-electron chi connectivity index (χ2n) is 7.66. The fourth-order valence-electron chi connectivity index (χ4n) is 3.40. The van der Waals surface area contributed by atoms with E-state index in [2.05, 4.69) is 26.2 Å². The lowest BCUT2D eigenvalue weighted by molar-refractivity contribution is -0.384. The zero-order valence-electron chi connectivity index (χ0n) is 19.9. The van der Waals surface area contributed by atoms with Crippen molar-refractivity contribution in [3.05, 3.63) is 91.3 Å². The van der Waals surface area contributed by atoms with Crippen molar-refractivity contribution in [3.63, 3.8) is 0 Å². The molecule has 3 aromatic carbocycles. The number of thioether (sulfide) groups is 1. The first-order valence-electron chi connectivity index (χ1n) is 11.1. The van der Waals surface area contributed by atoms with Gasteiger partial charge in [0.1, 0.15) is 12.4 Å². The van der Waals surface area contributed by atoms with Gasteiger partial charge in [-0.05, 0) is 88.2 Å². The van der Waals surface area contributed by atoms with Crippen molar-refractivity contribution in [3.8, 4) is 17.2 Å². The lowest BCUT2D eigenvalue weighted by Gasteiger charge is -2.15. The maximum atomic E-state index is 12.6. The van der Waals surface area contributed by atoms with E-state index in [0.29, 0.717) is 43.9 Å². The topological polar surface area (TPSA) is 112 Å². The van der Waals surface area contributed by atoms with Crippen molar-refractivity contribution < 1.29 is 23.9 Å². The van der Waals surface area contributed by atoms with Crippen LogP contribution in [0, 0.1) is 10.1 Å². The second-order valence-corrected chi connectivity index (χ2v) is 9.54. The van der Waals surface area contributed by atoms with Gasteiger partial charge in [-0.2, -0.15) is 0 Å². The number of nitro groups is 1. The van der Waals surface area contributed by atoms with Crippen LogP contribution in [0.1, 0.15) is 18.1 Å². The SMILES string of the molecule is CCOc1cc(/C=C2/SC(=Nc3ccc(OC)cc3)NC2=O)cc(Br)c1OCc1cccc([N+](=O)[O-])c1. The Bertz CT molecular complexity index is 1390. The summed E-state index contributed by atoms with van der Waals surface area (Å²) < 4.78 is 17.5. The van der Waals surface area contributed by atoms with Crippen molar-refractivity contribution in [1.29, 1.82) is 0 Å². The van der Waals surface area contributed by atoms with E-state index in [1.54, 1.807) is 55.7 Å². The van der Waals surface area contributed by atoms with Crippen LogP contribution in [0.15, 0.2) is 75.0 Å². The van der Waals surface area contributed by atoms with Crippen LogP contribution in [-0.4, -0.2) is 29.7 Å². The quantitative estimate of drug-likeness (QED) is 0.180. The minimum absolute atomic E-state index is 0.00518. The average Bonchev–Trinajstić information content (AvgIpc) is 3.22. The fraction of sp³-hybridized carbons (Fsp3) is 0.154. The van der Waals surface area contributed by atoms with E-state index in [1.807, 2.05) is 13.0 Å². The number of nitrogens with zero attached hydrogens (tertiary/aromatic N) is 2. The van der Waals surface area contributed by atoms with E-state index in [9.17, 15) is 14.9 Å². The third-order valence-electron chi connectivity index (χ3n) is 5.09. The van der Waals surface area contributed by atoms with Gasteiger partial charge in [0.2, 0.25) is 0 Å². The van der Waals surface area contributed by atoms with Crippen molar-refractivity contribution in [1.82, 2.24) is 5.32 Å². The van der Waals surface area contributed by atoms with Gasteiger partial charge in [-0.25, -0.2) is 4.99 Å². The number of hydrogen-bond acceptors (Lipinski definition) is 8. The van der Waals surface area contributed by atoms with Gasteiger partial charge in [-0.3, -0.25) is 14.9 Å². The molecule has 1 heterocycles. The van der Waals surface area contributed by atoms with Gasteiger partial charge in [-0.1, -0.05) is 12.1 Å². The highest BCUT2D eigenvalue weighted by Gasteiger charge is 2.24. The molecule has 0 unspecified atom stereocenters. The summed E-state index contributed by atoms with van der Waals surface area (Å²) in [4.78, 5) is 28.1. The zero-order chi connectivity index (χ0) is 26.4. The first kappa shape index (κ1) is 26.2. The molecular weight excluding hydrogens is 562 g/mol. The summed E-state index contributed by atoms with van der Waals surface area (Å²) in [6.45, 7) is 2.36. The van der Waals surface area contributed by atoms with Gasteiger partial charge in [0.05, 0.1) is 33.7 Å². The monoisotopic (exact) mass is 583 g/mol. The van der Waals surface area contributed by atoms with E-state index >= 15 is 0 Å². The lowest BCUT2D eigenvalue weighted by Crippen LogP contribution is -2.19. The van der Waals surface area contributed by atoms with Gasteiger partial charge in [-0.15, -0.1) is 0 Å². The number of hydrogen-bond donors (Lipinski definition) is 1. The highest BCUT2D eigenvalue weighted by Crippen LogP contribution is 2.39. The fourth-order valence-corrected chi connectivity index (χ4v) is 4.81. The summed E-state index contributed by atoms with van der Waals surface area (Å²) in [5.41, 5.74) is 2.06. The molecular formula is C26H22BrN3O6S. The van der Waals surface area contributed by atoms with Gasteiger partial charge in [0.25, 0.3) is 11.6 Å². The van der Waals surface area contributed by atoms with E-state index in [1.165, 1.54) is 23.9 Å². The number of ether oxygens (including phenoxy) is 3. The highest BCUT2D eigenvalue weighted by atomic mass is 79.9. The number of methoxy groups -OCH3 is 1. The Hall–Kier alpha value is -3.83. The molecule has 3 aromatic rings. The van der Waals surface area contributed by atoms with E-state index < -0.39 is 4.92 Å². The Labute approximate surface area is 225 Å². The Morgan fingerprint density at radius 1 is 1.14 bits per heavy atom. The molecule has 1 amide bonds. The first-order valence-corrected chi connectivity index (χ1v) is 12.7. The molecule has 0 spiro atoms. The molecule has 0 bridgehead atoms. The summed E-state index contributed by atoms with van der Waals surface area (Å²) in [6, 6.07) is 17.0. The summed E-state index contributed by atoms with van der Waals surface area (Å²) in [7, 11) is 1.59. The number of amidine groups is 1. The number of aliphatic imine (C=N–C) groups is 1. The lowest BCUT2D eigenvalue weighted by atomic mass is 10.1. The van der Waals surface area contributed by atoms with E-state index in [-0.39, 0.29) is 18.2 Å². The van der Waals surface area contributed by atoms with Gasteiger partial charge in [0, 0.05) is 12.1 Å². The number of benzene rings is 3. The van der Waals surface area contributed by atoms with Crippen molar-refractivity contribution in [2.45, 2.75) is 13.5 Å². The van der Waals surface area contributed by atoms with Crippen molar-refractivity contribution >= 4 is 56.2 Å². The molecule has 11 heteroatoms.